The third-order valence-electron chi connectivity index (χ3n) is 1.77. The molecular weight excluding hydrogens is 219 g/mol. The number of halogens is 3. The van der Waals surface area contributed by atoms with Gasteiger partial charge < -0.3 is 0 Å². The van der Waals surface area contributed by atoms with Gasteiger partial charge in [-0.25, -0.2) is 9.50 Å². The highest BCUT2D eigenvalue weighted by molar-refractivity contribution is 5.41. The van der Waals surface area contributed by atoms with Crippen molar-refractivity contribution in [1.29, 1.82) is 0 Å². The Morgan fingerprint density at radius 2 is 1.88 bits per heavy atom. The van der Waals surface area contributed by atoms with Gasteiger partial charge in [-0.1, -0.05) is 13.8 Å². The van der Waals surface area contributed by atoms with Gasteiger partial charge in [0.05, 0.1) is 23.7 Å². The summed E-state index contributed by atoms with van der Waals surface area (Å²) in [6, 6.07) is 0.972. The quantitative estimate of drug-likeness (QED) is 0.697. The molecule has 0 aromatic carbocycles. The zero-order chi connectivity index (χ0) is 12.3. The number of alkyl halides is 3. The molecule has 0 atom stereocenters. The summed E-state index contributed by atoms with van der Waals surface area (Å²) in [6.45, 7) is 5.70. The van der Waals surface area contributed by atoms with Crippen LogP contribution in [0.3, 0.4) is 0 Å². The van der Waals surface area contributed by atoms with Crippen molar-refractivity contribution in [3.63, 3.8) is 0 Å². The normalized spacial score (nSPS) is 11.1. The molecule has 0 aliphatic carbocycles. The van der Waals surface area contributed by atoms with Crippen molar-refractivity contribution in [3.8, 4) is 0 Å². The van der Waals surface area contributed by atoms with Gasteiger partial charge >= 0.3 is 6.18 Å². The number of aromatic nitrogens is 3. The lowest BCUT2D eigenvalue weighted by atomic mass is 10.3. The summed E-state index contributed by atoms with van der Waals surface area (Å²) in [5.74, 6) is 0. The minimum Gasteiger partial charge on any atom is -0.232 e. The maximum absolute atomic E-state index is 12.2. The molecule has 3 nitrogen and oxygen atoms in total. The Morgan fingerprint density at radius 1 is 1.25 bits per heavy atom. The molecule has 2 rings (SSSR count). The van der Waals surface area contributed by atoms with Gasteiger partial charge in [0.2, 0.25) is 0 Å². The molecule has 0 fully saturated rings. The van der Waals surface area contributed by atoms with Gasteiger partial charge in [-0.2, -0.15) is 18.3 Å². The van der Waals surface area contributed by atoms with Crippen LogP contribution < -0.4 is 0 Å². The second kappa shape index (κ2) is 4.51. The molecule has 16 heavy (non-hydrogen) atoms. The second-order valence-corrected chi connectivity index (χ2v) is 2.93. The minimum atomic E-state index is -4.37. The topological polar surface area (TPSA) is 30.2 Å². The van der Waals surface area contributed by atoms with Gasteiger partial charge in [-0.05, 0) is 13.0 Å². The van der Waals surface area contributed by atoms with Crippen LogP contribution in [-0.4, -0.2) is 14.6 Å². The van der Waals surface area contributed by atoms with E-state index in [9.17, 15) is 13.2 Å². The van der Waals surface area contributed by atoms with E-state index >= 15 is 0 Å². The van der Waals surface area contributed by atoms with Crippen LogP contribution in [0.15, 0.2) is 18.5 Å². The van der Waals surface area contributed by atoms with Gasteiger partial charge in [0.25, 0.3) is 0 Å². The molecule has 0 aliphatic rings. The van der Waals surface area contributed by atoms with Crippen molar-refractivity contribution in [3.05, 3.63) is 29.7 Å². The van der Waals surface area contributed by atoms with Gasteiger partial charge in [0.1, 0.15) is 0 Å². The van der Waals surface area contributed by atoms with E-state index in [1.807, 2.05) is 13.8 Å². The van der Waals surface area contributed by atoms with Crippen LogP contribution in [0.1, 0.15) is 25.1 Å². The predicted octanol–water partition coefficient (Wildman–Crippen LogP) is 3.08. The summed E-state index contributed by atoms with van der Waals surface area (Å²) in [6.07, 6.45) is -2.02. The molecule has 0 aliphatic heterocycles. The van der Waals surface area contributed by atoms with E-state index in [1.54, 1.807) is 13.1 Å². The van der Waals surface area contributed by atoms with Crippen molar-refractivity contribution in [1.82, 2.24) is 14.6 Å². The Hall–Kier alpha value is -1.59. The summed E-state index contributed by atoms with van der Waals surface area (Å²) in [5, 5.41) is 3.60. The van der Waals surface area contributed by atoms with Crippen LogP contribution in [0.5, 0.6) is 0 Å². The molecule has 0 radical (unpaired) electrons. The number of hydrogen-bond donors (Lipinski definition) is 0. The molecule has 0 spiro atoms. The van der Waals surface area contributed by atoms with Crippen molar-refractivity contribution in [2.75, 3.05) is 0 Å². The van der Waals surface area contributed by atoms with Crippen molar-refractivity contribution < 1.29 is 13.2 Å². The molecule has 88 valence electrons. The number of hydrogen-bond acceptors (Lipinski definition) is 2. The lowest BCUT2D eigenvalue weighted by molar-refractivity contribution is -0.137. The molecule has 2 heterocycles. The highest BCUT2D eigenvalue weighted by Crippen LogP contribution is 2.28. The Kier molecular flexibility index (Phi) is 3.51. The Balaban J connectivity index is 0.000000606. The lowest BCUT2D eigenvalue weighted by Gasteiger charge is -2.04. The second-order valence-electron chi connectivity index (χ2n) is 2.93. The van der Waals surface area contributed by atoms with Crippen molar-refractivity contribution in [2.45, 2.75) is 26.9 Å². The maximum atomic E-state index is 12.2. The van der Waals surface area contributed by atoms with E-state index in [2.05, 4.69) is 10.1 Å². The highest BCUT2D eigenvalue weighted by Gasteiger charge is 2.31. The zero-order valence-electron chi connectivity index (χ0n) is 9.21. The van der Waals surface area contributed by atoms with E-state index in [-0.39, 0.29) is 5.65 Å². The molecule has 0 bridgehead atoms. The minimum absolute atomic E-state index is 0.206. The average Bonchev–Trinajstić information content (AvgIpc) is 2.58. The molecule has 0 saturated heterocycles. The Bertz CT molecular complexity index is 474. The first-order chi connectivity index (χ1) is 7.47. The fraction of sp³-hybridized carbons (Fsp3) is 0.400. The third-order valence-corrected chi connectivity index (χ3v) is 1.77. The SMILES string of the molecule is CC.Cc1cn2ncc(C(F)(F)F)cc2n1. The summed E-state index contributed by atoms with van der Waals surface area (Å²) in [5.41, 5.74) is 0.0600. The summed E-state index contributed by atoms with van der Waals surface area (Å²) in [4.78, 5) is 3.89. The maximum Gasteiger partial charge on any atom is 0.418 e. The van der Waals surface area contributed by atoms with Crippen LogP contribution >= 0.6 is 0 Å². The van der Waals surface area contributed by atoms with E-state index in [1.165, 1.54) is 4.52 Å². The van der Waals surface area contributed by atoms with Crippen molar-refractivity contribution in [2.24, 2.45) is 0 Å². The lowest BCUT2D eigenvalue weighted by Crippen LogP contribution is -2.06. The molecule has 0 N–H and O–H groups in total. The van der Waals surface area contributed by atoms with Crippen LogP contribution in [0.2, 0.25) is 0 Å². The first kappa shape index (κ1) is 12.5. The fourth-order valence-corrected chi connectivity index (χ4v) is 1.15. The molecule has 0 amide bonds. The number of aryl methyl sites for hydroxylation is 1. The van der Waals surface area contributed by atoms with E-state index in [0.29, 0.717) is 5.69 Å². The monoisotopic (exact) mass is 231 g/mol. The van der Waals surface area contributed by atoms with Crippen LogP contribution in [-0.2, 0) is 6.18 Å². The highest BCUT2D eigenvalue weighted by atomic mass is 19.4. The van der Waals surface area contributed by atoms with Crippen molar-refractivity contribution >= 4 is 5.65 Å². The third kappa shape index (κ3) is 2.50. The van der Waals surface area contributed by atoms with E-state index < -0.39 is 11.7 Å². The summed E-state index contributed by atoms with van der Waals surface area (Å²) in [7, 11) is 0. The van der Waals surface area contributed by atoms with Gasteiger partial charge in [0.15, 0.2) is 5.65 Å². The van der Waals surface area contributed by atoms with Crippen LogP contribution in [0.25, 0.3) is 5.65 Å². The summed E-state index contributed by atoms with van der Waals surface area (Å²) < 4.78 is 38.0. The Labute approximate surface area is 90.9 Å². The largest absolute Gasteiger partial charge is 0.418 e. The zero-order valence-corrected chi connectivity index (χ0v) is 9.21. The average molecular weight is 231 g/mol. The van der Waals surface area contributed by atoms with Gasteiger partial charge in [-0.15, -0.1) is 0 Å². The molecule has 0 saturated carbocycles. The number of fused-ring (bicyclic) bond motifs is 1. The fourth-order valence-electron chi connectivity index (χ4n) is 1.15. The molecule has 2 aromatic rings. The first-order valence-corrected chi connectivity index (χ1v) is 4.86. The molecular formula is C10H12F3N3. The number of nitrogens with zero attached hydrogens (tertiary/aromatic N) is 3. The molecule has 0 unspecified atom stereocenters. The standard InChI is InChI=1S/C8H6F3N3.C2H6/c1-5-4-14-7(13-5)2-6(3-12-14)8(9,10)11;1-2/h2-4H,1H3;1-2H3. The molecule has 2 aromatic heterocycles. The van der Waals surface area contributed by atoms with Gasteiger partial charge in [0, 0.05) is 0 Å². The molecule has 6 heteroatoms. The smallest absolute Gasteiger partial charge is 0.232 e. The Morgan fingerprint density at radius 3 is 2.44 bits per heavy atom. The van der Waals surface area contributed by atoms with Crippen LogP contribution in [0.4, 0.5) is 13.2 Å². The van der Waals surface area contributed by atoms with Crippen LogP contribution in [0, 0.1) is 6.92 Å². The predicted molar refractivity (Wildman–Crippen MR) is 54.1 cm³/mol. The van der Waals surface area contributed by atoms with Gasteiger partial charge in [-0.3, -0.25) is 0 Å². The van der Waals surface area contributed by atoms with E-state index in [4.69, 9.17) is 0 Å². The summed E-state index contributed by atoms with van der Waals surface area (Å²) >= 11 is 0. The number of rotatable bonds is 0. The number of imidazole rings is 1. The van der Waals surface area contributed by atoms with E-state index in [0.717, 1.165) is 12.3 Å². The first-order valence-electron chi connectivity index (χ1n) is 4.86.